The number of anilines is 1. The van der Waals surface area contributed by atoms with Crippen molar-refractivity contribution >= 4 is 34.7 Å². The van der Waals surface area contributed by atoms with Crippen molar-refractivity contribution in [3.8, 4) is 0 Å². The zero-order valence-corrected chi connectivity index (χ0v) is 16.9. The smallest absolute Gasteiger partial charge is 0.322 e. The lowest BCUT2D eigenvalue weighted by molar-refractivity contribution is -0.145. The summed E-state index contributed by atoms with van der Waals surface area (Å²) in [5.74, 6) is 0.832. The number of carbonyl (C=O) groups is 1. The molecule has 0 spiro atoms. The maximum absolute atomic E-state index is 11.7. The van der Waals surface area contributed by atoms with Gasteiger partial charge in [-0.2, -0.15) is 11.8 Å². The average Bonchev–Trinajstić information content (AvgIpc) is 3.26. The van der Waals surface area contributed by atoms with Crippen LogP contribution in [0.4, 0.5) is 5.82 Å². The van der Waals surface area contributed by atoms with E-state index in [0.717, 1.165) is 6.42 Å². The Morgan fingerprint density at radius 1 is 1.38 bits per heavy atom. The summed E-state index contributed by atoms with van der Waals surface area (Å²) in [5, 5.41) is 20.8. The topological polar surface area (TPSA) is 172 Å². The van der Waals surface area contributed by atoms with Crippen LogP contribution >= 0.6 is 11.8 Å². The molecule has 0 radical (unpaired) electrons. The Hall–Kier alpha value is -1.99. The molecule has 0 aliphatic carbocycles. The predicted octanol–water partition coefficient (Wildman–Crippen LogP) is -0.568. The van der Waals surface area contributed by atoms with Crippen molar-refractivity contribution in [2.75, 3.05) is 23.8 Å². The number of aliphatic hydroxyl groups is 2. The molecule has 2 aromatic heterocycles. The number of nitrogens with zero attached hydrogens (tertiary/aromatic N) is 4. The van der Waals surface area contributed by atoms with E-state index in [4.69, 9.17) is 20.9 Å². The van der Waals surface area contributed by atoms with E-state index in [0.29, 0.717) is 35.7 Å². The summed E-state index contributed by atoms with van der Waals surface area (Å²) in [6.45, 7) is 2.28. The predicted molar refractivity (Wildman–Crippen MR) is 107 cm³/mol. The number of esters is 1. The Balaban J connectivity index is 1.53. The Morgan fingerprint density at radius 2 is 2.17 bits per heavy atom. The Bertz CT molecular complexity index is 836. The second kappa shape index (κ2) is 9.67. The maximum atomic E-state index is 11.7. The van der Waals surface area contributed by atoms with Crippen LogP contribution in [0.1, 0.15) is 26.0 Å². The van der Waals surface area contributed by atoms with Gasteiger partial charge in [-0.05, 0) is 18.6 Å². The fourth-order valence-electron chi connectivity index (χ4n) is 2.99. The number of rotatable bonds is 9. The van der Waals surface area contributed by atoms with Crippen LogP contribution < -0.4 is 11.5 Å². The van der Waals surface area contributed by atoms with Crippen molar-refractivity contribution in [1.29, 1.82) is 0 Å². The minimum absolute atomic E-state index is 0.225. The van der Waals surface area contributed by atoms with Crippen molar-refractivity contribution in [3.63, 3.8) is 0 Å². The Kier molecular flexibility index (Phi) is 7.24. The van der Waals surface area contributed by atoms with Gasteiger partial charge in [0.15, 0.2) is 17.7 Å². The molecule has 1 aliphatic heterocycles. The molecule has 29 heavy (non-hydrogen) atoms. The van der Waals surface area contributed by atoms with E-state index in [1.54, 1.807) is 0 Å². The summed E-state index contributed by atoms with van der Waals surface area (Å²) in [6, 6.07) is -0.677. The number of hydrogen-bond acceptors (Lipinski definition) is 11. The van der Waals surface area contributed by atoms with Crippen LogP contribution in [0.3, 0.4) is 0 Å². The van der Waals surface area contributed by atoms with Gasteiger partial charge in [-0.25, -0.2) is 15.0 Å². The first-order valence-electron chi connectivity index (χ1n) is 9.38. The minimum atomic E-state index is -1.15. The van der Waals surface area contributed by atoms with Crippen molar-refractivity contribution in [1.82, 2.24) is 19.5 Å². The molecule has 3 rings (SSSR count). The average molecular weight is 426 g/mol. The normalized spacial score (nSPS) is 25.4. The number of carbonyl (C=O) groups excluding carboxylic acids is 1. The fourth-order valence-corrected chi connectivity index (χ4v) is 4.09. The molecular formula is C17H26N6O5S. The number of nitrogens with two attached hydrogens (primary N) is 2. The summed E-state index contributed by atoms with van der Waals surface area (Å²) in [6.07, 6.45) is 0.277. The number of fused-ring (bicyclic) bond motifs is 1. The fraction of sp³-hybridized carbons (Fsp3) is 0.647. The number of ether oxygens (including phenoxy) is 2. The van der Waals surface area contributed by atoms with Gasteiger partial charge in [-0.1, -0.05) is 6.92 Å². The van der Waals surface area contributed by atoms with Crippen molar-refractivity contribution in [2.45, 2.75) is 50.3 Å². The van der Waals surface area contributed by atoms with Gasteiger partial charge in [0, 0.05) is 5.75 Å². The van der Waals surface area contributed by atoms with E-state index in [1.807, 2.05) is 6.92 Å². The van der Waals surface area contributed by atoms with E-state index in [1.165, 1.54) is 29.0 Å². The second-order valence-corrected chi connectivity index (χ2v) is 7.92. The quantitative estimate of drug-likeness (QED) is 0.299. The van der Waals surface area contributed by atoms with Gasteiger partial charge in [0.25, 0.3) is 0 Å². The molecule has 3 heterocycles. The first-order chi connectivity index (χ1) is 13.9. The summed E-state index contributed by atoms with van der Waals surface area (Å²) in [5.41, 5.74) is 12.4. The molecule has 11 nitrogen and oxygen atoms in total. The molecule has 0 bridgehead atoms. The molecule has 0 amide bonds. The lowest BCUT2D eigenvalue weighted by atomic mass is 10.1. The zero-order chi connectivity index (χ0) is 21.0. The Morgan fingerprint density at radius 3 is 2.93 bits per heavy atom. The van der Waals surface area contributed by atoms with Crippen LogP contribution in [0.25, 0.3) is 11.2 Å². The van der Waals surface area contributed by atoms with Gasteiger partial charge in [0.2, 0.25) is 0 Å². The monoisotopic (exact) mass is 426 g/mol. The van der Waals surface area contributed by atoms with Gasteiger partial charge in [-0.15, -0.1) is 0 Å². The molecule has 1 fully saturated rings. The summed E-state index contributed by atoms with van der Waals surface area (Å²) in [7, 11) is 0. The molecule has 160 valence electrons. The highest BCUT2D eigenvalue weighted by atomic mass is 32.2. The standard InChI is InChI=1S/C17H26N6O5S/c1-2-4-27-17(26)9(18)3-5-29-6-10-12(24)13(25)16(28-10)23-8-22-11-14(19)20-7-21-15(11)23/h7-10,12-13,16,24-25H,2-6,18H2,1H3,(H2,19,20,21)/t9-,10+,12+,13+,16+/m0/s1. The number of aliphatic hydroxyl groups excluding tert-OH is 2. The van der Waals surface area contributed by atoms with Gasteiger partial charge >= 0.3 is 5.97 Å². The van der Waals surface area contributed by atoms with E-state index < -0.39 is 36.6 Å². The maximum Gasteiger partial charge on any atom is 0.322 e. The van der Waals surface area contributed by atoms with E-state index in [-0.39, 0.29) is 5.82 Å². The molecule has 6 N–H and O–H groups in total. The van der Waals surface area contributed by atoms with E-state index in [2.05, 4.69) is 15.0 Å². The number of imidazole rings is 1. The third-order valence-corrected chi connectivity index (χ3v) is 5.69. The van der Waals surface area contributed by atoms with Gasteiger partial charge in [0.05, 0.1) is 19.0 Å². The van der Waals surface area contributed by atoms with Crippen molar-refractivity contribution < 1.29 is 24.5 Å². The molecule has 0 aromatic carbocycles. The van der Waals surface area contributed by atoms with Crippen molar-refractivity contribution in [3.05, 3.63) is 12.7 Å². The first-order valence-corrected chi connectivity index (χ1v) is 10.5. The summed E-state index contributed by atoms with van der Waals surface area (Å²) < 4.78 is 12.4. The molecule has 12 heteroatoms. The zero-order valence-electron chi connectivity index (χ0n) is 16.0. The highest BCUT2D eigenvalue weighted by Gasteiger charge is 2.44. The van der Waals surface area contributed by atoms with Crippen LogP contribution in [0, 0.1) is 0 Å². The lowest BCUT2D eigenvalue weighted by Crippen LogP contribution is -2.34. The largest absolute Gasteiger partial charge is 0.465 e. The van der Waals surface area contributed by atoms with Crippen LogP contribution in [0.5, 0.6) is 0 Å². The minimum Gasteiger partial charge on any atom is -0.465 e. The van der Waals surface area contributed by atoms with Crippen LogP contribution in [0.2, 0.25) is 0 Å². The molecule has 1 saturated heterocycles. The van der Waals surface area contributed by atoms with Gasteiger partial charge in [-0.3, -0.25) is 9.36 Å². The molecule has 0 saturated carbocycles. The number of hydrogen-bond donors (Lipinski definition) is 4. The number of nitrogen functional groups attached to an aromatic ring is 1. The number of aromatic nitrogens is 4. The van der Waals surface area contributed by atoms with Crippen LogP contribution in [0.15, 0.2) is 12.7 Å². The van der Waals surface area contributed by atoms with Gasteiger partial charge in [0.1, 0.15) is 30.1 Å². The Labute approximate surface area is 171 Å². The second-order valence-electron chi connectivity index (χ2n) is 6.77. The summed E-state index contributed by atoms with van der Waals surface area (Å²) >= 11 is 1.48. The van der Waals surface area contributed by atoms with Crippen molar-refractivity contribution in [2.24, 2.45) is 5.73 Å². The third-order valence-electron chi connectivity index (χ3n) is 4.60. The van der Waals surface area contributed by atoms with E-state index >= 15 is 0 Å². The first kappa shape index (κ1) is 21.7. The third kappa shape index (κ3) is 4.78. The highest BCUT2D eigenvalue weighted by molar-refractivity contribution is 7.99. The van der Waals surface area contributed by atoms with Crippen LogP contribution in [-0.4, -0.2) is 78.2 Å². The molecule has 0 unspecified atom stereocenters. The van der Waals surface area contributed by atoms with E-state index in [9.17, 15) is 15.0 Å². The molecule has 2 aromatic rings. The van der Waals surface area contributed by atoms with Gasteiger partial charge < -0.3 is 31.2 Å². The molecule has 1 aliphatic rings. The lowest BCUT2D eigenvalue weighted by Gasteiger charge is -2.16. The summed E-state index contributed by atoms with van der Waals surface area (Å²) in [4.78, 5) is 23.8. The highest BCUT2D eigenvalue weighted by Crippen LogP contribution is 2.33. The number of thioether (sulfide) groups is 1. The van der Waals surface area contributed by atoms with Crippen LogP contribution in [-0.2, 0) is 14.3 Å². The molecular weight excluding hydrogens is 400 g/mol. The SMILES string of the molecule is CCCOC(=O)[C@@H](N)CCSC[C@H]1O[C@@H](n2cnc3c(N)ncnc32)[C@H](O)[C@@H]1O. The molecule has 5 atom stereocenters.